The Morgan fingerprint density at radius 2 is 1.96 bits per heavy atom. The molecule has 3 saturated heterocycles. The van der Waals surface area contributed by atoms with Crippen molar-refractivity contribution in [2.45, 2.75) is 58.5 Å². The second-order valence-corrected chi connectivity index (χ2v) is 8.59. The van der Waals surface area contributed by atoms with Gasteiger partial charge in [0.25, 0.3) is 0 Å². The first-order valence-electron chi connectivity index (χ1n) is 10.1. The molecule has 0 amide bonds. The Hall–Kier alpha value is -1.13. The second-order valence-electron chi connectivity index (χ2n) is 8.59. The van der Waals surface area contributed by atoms with Gasteiger partial charge in [-0.2, -0.15) is 0 Å². The van der Waals surface area contributed by atoms with Gasteiger partial charge in [-0.25, -0.2) is 0 Å². The predicted octanol–water partition coefficient (Wildman–Crippen LogP) is 3.40. The maximum absolute atomic E-state index is 5.60. The fourth-order valence-electron chi connectivity index (χ4n) is 5.08. The quantitative estimate of drug-likeness (QED) is 0.819. The molecule has 2 bridgehead atoms. The molecular weight excluding hydrogens is 310 g/mol. The molecule has 4 heteroatoms. The van der Waals surface area contributed by atoms with Crippen LogP contribution in [0.2, 0.25) is 0 Å². The molecule has 1 saturated carbocycles. The lowest BCUT2D eigenvalue weighted by atomic mass is 9.83. The van der Waals surface area contributed by atoms with Crippen LogP contribution in [0.5, 0.6) is 5.75 Å². The Kier molecular flexibility index (Phi) is 5.01. The molecule has 2 atom stereocenters. The zero-order chi connectivity index (χ0) is 17.4. The number of nitrogens with zero attached hydrogens (tertiary/aromatic N) is 3. The number of piperidine rings is 1. The van der Waals surface area contributed by atoms with Gasteiger partial charge in [0.05, 0.1) is 12.8 Å². The summed E-state index contributed by atoms with van der Waals surface area (Å²) in [6.45, 7) is 10.3. The number of aryl methyl sites for hydroxylation is 1. The fraction of sp³-hybridized carbons (Fsp3) is 0.762. The van der Waals surface area contributed by atoms with E-state index in [4.69, 9.17) is 9.72 Å². The van der Waals surface area contributed by atoms with E-state index in [0.29, 0.717) is 0 Å². The van der Waals surface area contributed by atoms with E-state index in [1.54, 1.807) is 7.11 Å². The molecule has 5 rings (SSSR count). The molecule has 1 aliphatic carbocycles. The lowest BCUT2D eigenvalue weighted by Crippen LogP contribution is -2.46. The van der Waals surface area contributed by atoms with Crippen LogP contribution in [0.3, 0.4) is 0 Å². The maximum Gasteiger partial charge on any atom is 0.128 e. The van der Waals surface area contributed by atoms with Crippen LogP contribution in [-0.2, 0) is 6.54 Å². The van der Waals surface area contributed by atoms with Gasteiger partial charge >= 0.3 is 0 Å². The van der Waals surface area contributed by atoms with E-state index in [-0.39, 0.29) is 0 Å². The third-order valence-electron chi connectivity index (χ3n) is 6.74. The van der Waals surface area contributed by atoms with Crippen LogP contribution in [0.1, 0.15) is 48.9 Å². The van der Waals surface area contributed by atoms with Crippen LogP contribution < -0.4 is 4.74 Å². The van der Waals surface area contributed by atoms with E-state index in [2.05, 4.69) is 23.6 Å². The SMILES string of the molecule is COc1c(C)cnc(CN2C[C@H]3CC[C@@H](C2)N(CC2CCC2)C3)c1C. The van der Waals surface area contributed by atoms with Gasteiger partial charge in [0.15, 0.2) is 0 Å². The van der Waals surface area contributed by atoms with Gasteiger partial charge in [-0.1, -0.05) is 6.42 Å². The molecule has 25 heavy (non-hydrogen) atoms. The third kappa shape index (κ3) is 3.56. The van der Waals surface area contributed by atoms with Crippen molar-refractivity contribution in [3.63, 3.8) is 0 Å². The topological polar surface area (TPSA) is 28.6 Å². The lowest BCUT2D eigenvalue weighted by molar-refractivity contribution is 0.0890. The summed E-state index contributed by atoms with van der Waals surface area (Å²) in [5.41, 5.74) is 3.53. The Bertz CT molecular complexity index is 613. The molecule has 0 radical (unpaired) electrons. The highest BCUT2D eigenvalue weighted by Gasteiger charge is 2.36. The Labute approximate surface area is 152 Å². The summed E-state index contributed by atoms with van der Waals surface area (Å²) >= 11 is 0. The maximum atomic E-state index is 5.60. The van der Waals surface area contributed by atoms with Crippen molar-refractivity contribution in [1.82, 2.24) is 14.8 Å². The first-order valence-corrected chi connectivity index (χ1v) is 10.1. The molecule has 4 heterocycles. The average Bonchev–Trinajstić information content (AvgIpc) is 2.85. The van der Waals surface area contributed by atoms with Crippen molar-refractivity contribution in [2.24, 2.45) is 11.8 Å². The van der Waals surface area contributed by atoms with Crippen molar-refractivity contribution in [3.8, 4) is 5.75 Å². The van der Waals surface area contributed by atoms with Crippen molar-refractivity contribution < 1.29 is 4.74 Å². The molecule has 1 aromatic heterocycles. The number of fused-ring (bicyclic) bond motifs is 4. The van der Waals surface area contributed by atoms with E-state index in [0.717, 1.165) is 35.7 Å². The zero-order valence-corrected chi connectivity index (χ0v) is 16.1. The summed E-state index contributed by atoms with van der Waals surface area (Å²) in [7, 11) is 1.77. The number of aromatic nitrogens is 1. The smallest absolute Gasteiger partial charge is 0.128 e. The minimum absolute atomic E-state index is 0.756. The Morgan fingerprint density at radius 1 is 1.12 bits per heavy atom. The van der Waals surface area contributed by atoms with Gasteiger partial charge in [-0.15, -0.1) is 0 Å². The highest BCUT2D eigenvalue weighted by molar-refractivity contribution is 5.41. The summed E-state index contributed by atoms with van der Waals surface area (Å²) in [6, 6.07) is 0.756. The minimum atomic E-state index is 0.756. The van der Waals surface area contributed by atoms with Crippen molar-refractivity contribution in [1.29, 1.82) is 0 Å². The van der Waals surface area contributed by atoms with Gasteiger partial charge in [0.2, 0.25) is 0 Å². The molecule has 138 valence electrons. The van der Waals surface area contributed by atoms with Crippen LogP contribution >= 0.6 is 0 Å². The van der Waals surface area contributed by atoms with Crippen LogP contribution in [0, 0.1) is 25.7 Å². The second kappa shape index (κ2) is 7.24. The number of methoxy groups -OCH3 is 1. The third-order valence-corrected chi connectivity index (χ3v) is 6.74. The van der Waals surface area contributed by atoms with Crippen LogP contribution in [0.4, 0.5) is 0 Å². The molecule has 0 unspecified atom stereocenters. The molecule has 4 nitrogen and oxygen atoms in total. The number of hydrogen-bond donors (Lipinski definition) is 0. The lowest BCUT2D eigenvalue weighted by Gasteiger charge is -2.40. The summed E-state index contributed by atoms with van der Waals surface area (Å²) in [5, 5.41) is 0. The first kappa shape index (κ1) is 17.3. The monoisotopic (exact) mass is 343 g/mol. The van der Waals surface area contributed by atoms with Crippen molar-refractivity contribution >= 4 is 0 Å². The van der Waals surface area contributed by atoms with E-state index in [1.165, 1.54) is 69.5 Å². The standard InChI is InChI=1S/C21H33N3O/c1-15-9-22-20(16(2)21(15)25-3)14-23-10-18-7-8-19(13-23)24(12-18)11-17-5-4-6-17/h9,17-19H,4-8,10-14H2,1-3H3/t18-,19+/m1/s1. The van der Waals surface area contributed by atoms with E-state index in [9.17, 15) is 0 Å². The molecule has 0 N–H and O–H groups in total. The van der Waals surface area contributed by atoms with E-state index in [1.807, 2.05) is 6.20 Å². The van der Waals surface area contributed by atoms with Crippen LogP contribution in [0.15, 0.2) is 6.20 Å². The highest BCUT2D eigenvalue weighted by Crippen LogP contribution is 2.34. The van der Waals surface area contributed by atoms with Gasteiger partial charge in [-0.3, -0.25) is 14.8 Å². The van der Waals surface area contributed by atoms with Crippen molar-refractivity contribution in [2.75, 3.05) is 33.3 Å². The van der Waals surface area contributed by atoms with Gasteiger partial charge in [0.1, 0.15) is 5.75 Å². The summed E-state index contributed by atoms with van der Waals surface area (Å²) < 4.78 is 5.60. The molecule has 3 aliphatic heterocycles. The summed E-state index contributed by atoms with van der Waals surface area (Å²) in [6.07, 6.45) is 9.15. The number of hydrogen-bond acceptors (Lipinski definition) is 4. The minimum Gasteiger partial charge on any atom is -0.496 e. The Morgan fingerprint density at radius 3 is 2.68 bits per heavy atom. The molecule has 0 aromatic carbocycles. The first-order chi connectivity index (χ1) is 12.1. The van der Waals surface area contributed by atoms with Gasteiger partial charge < -0.3 is 4.74 Å². The predicted molar refractivity (Wildman–Crippen MR) is 101 cm³/mol. The number of rotatable bonds is 5. The summed E-state index contributed by atoms with van der Waals surface area (Å²) in [4.78, 5) is 10.2. The molecular formula is C21H33N3O. The summed E-state index contributed by atoms with van der Waals surface area (Å²) in [5.74, 6) is 2.83. The van der Waals surface area contributed by atoms with Crippen LogP contribution in [0.25, 0.3) is 0 Å². The van der Waals surface area contributed by atoms with E-state index >= 15 is 0 Å². The molecule has 0 spiro atoms. The number of pyridine rings is 1. The Balaban J connectivity index is 1.45. The fourth-order valence-corrected chi connectivity index (χ4v) is 5.08. The molecule has 4 fully saturated rings. The molecule has 4 aliphatic rings. The normalized spacial score (nSPS) is 28.0. The largest absolute Gasteiger partial charge is 0.496 e. The average molecular weight is 344 g/mol. The van der Waals surface area contributed by atoms with Crippen LogP contribution in [-0.4, -0.2) is 54.1 Å². The van der Waals surface area contributed by atoms with Gasteiger partial charge in [0, 0.05) is 56.1 Å². The van der Waals surface area contributed by atoms with Crippen molar-refractivity contribution in [3.05, 3.63) is 23.0 Å². The molecule has 1 aromatic rings. The van der Waals surface area contributed by atoms with Gasteiger partial charge in [-0.05, 0) is 51.4 Å². The zero-order valence-electron chi connectivity index (χ0n) is 16.1. The highest BCUT2D eigenvalue weighted by atomic mass is 16.5. The van der Waals surface area contributed by atoms with E-state index < -0.39 is 0 Å². The number of ether oxygens (including phenoxy) is 1.